The second kappa shape index (κ2) is 5.87. The minimum atomic E-state index is -1.01. The SMILES string of the molecule is CCCC(C)(C)CNCc1ccoc1C(=O)O. The van der Waals surface area contributed by atoms with Gasteiger partial charge in [0.2, 0.25) is 5.76 Å². The molecule has 0 spiro atoms. The van der Waals surface area contributed by atoms with Gasteiger partial charge in [0.15, 0.2) is 0 Å². The summed E-state index contributed by atoms with van der Waals surface area (Å²) in [4.78, 5) is 10.8. The van der Waals surface area contributed by atoms with Crippen LogP contribution in [0.5, 0.6) is 0 Å². The quantitative estimate of drug-likeness (QED) is 0.768. The molecule has 1 aromatic rings. The highest BCUT2D eigenvalue weighted by molar-refractivity contribution is 5.86. The molecule has 0 unspecified atom stereocenters. The van der Waals surface area contributed by atoms with Crippen molar-refractivity contribution >= 4 is 5.97 Å². The van der Waals surface area contributed by atoms with Gasteiger partial charge in [-0.25, -0.2) is 4.79 Å². The minimum absolute atomic E-state index is 0.0331. The maximum Gasteiger partial charge on any atom is 0.372 e. The highest BCUT2D eigenvalue weighted by Gasteiger charge is 2.17. The molecule has 4 nitrogen and oxygen atoms in total. The first-order chi connectivity index (χ1) is 7.96. The molecule has 0 amide bonds. The van der Waals surface area contributed by atoms with Crippen LogP contribution in [0.15, 0.2) is 16.7 Å². The molecule has 1 heterocycles. The molecule has 0 aromatic carbocycles. The maximum atomic E-state index is 10.8. The summed E-state index contributed by atoms with van der Waals surface area (Å²) in [7, 11) is 0. The Kier molecular flexibility index (Phi) is 4.75. The van der Waals surface area contributed by atoms with Crippen molar-refractivity contribution in [3.05, 3.63) is 23.7 Å². The number of hydrogen-bond acceptors (Lipinski definition) is 3. The molecule has 0 saturated heterocycles. The van der Waals surface area contributed by atoms with Gasteiger partial charge in [0.25, 0.3) is 0 Å². The summed E-state index contributed by atoms with van der Waals surface area (Å²) >= 11 is 0. The lowest BCUT2D eigenvalue weighted by Crippen LogP contribution is -2.29. The molecule has 1 rings (SSSR count). The minimum Gasteiger partial charge on any atom is -0.475 e. The Morgan fingerprint density at radius 3 is 2.82 bits per heavy atom. The van der Waals surface area contributed by atoms with Gasteiger partial charge in [0.05, 0.1) is 6.26 Å². The first-order valence-electron chi connectivity index (χ1n) is 5.96. The maximum absolute atomic E-state index is 10.8. The normalized spacial score (nSPS) is 11.7. The summed E-state index contributed by atoms with van der Waals surface area (Å²) in [5, 5.41) is 12.2. The number of furan rings is 1. The molecular weight excluding hydrogens is 218 g/mol. The van der Waals surface area contributed by atoms with E-state index in [-0.39, 0.29) is 11.2 Å². The zero-order valence-electron chi connectivity index (χ0n) is 10.7. The van der Waals surface area contributed by atoms with Crippen molar-refractivity contribution in [1.29, 1.82) is 0 Å². The van der Waals surface area contributed by atoms with Gasteiger partial charge in [-0.05, 0) is 17.9 Å². The van der Waals surface area contributed by atoms with E-state index in [2.05, 4.69) is 26.1 Å². The second-order valence-corrected chi connectivity index (χ2v) is 5.10. The van der Waals surface area contributed by atoms with Crippen molar-refractivity contribution in [2.45, 2.75) is 40.2 Å². The zero-order valence-corrected chi connectivity index (χ0v) is 10.7. The van der Waals surface area contributed by atoms with E-state index in [0.717, 1.165) is 19.4 Å². The highest BCUT2D eigenvalue weighted by atomic mass is 16.4. The number of aromatic carboxylic acids is 1. The Morgan fingerprint density at radius 1 is 1.53 bits per heavy atom. The first-order valence-corrected chi connectivity index (χ1v) is 5.96. The molecule has 1 aromatic heterocycles. The van der Waals surface area contributed by atoms with E-state index in [4.69, 9.17) is 9.52 Å². The van der Waals surface area contributed by atoms with Crippen LogP contribution in [-0.4, -0.2) is 17.6 Å². The molecule has 96 valence electrons. The van der Waals surface area contributed by atoms with Crippen molar-refractivity contribution < 1.29 is 14.3 Å². The largest absolute Gasteiger partial charge is 0.475 e. The fraction of sp³-hybridized carbons (Fsp3) is 0.615. The van der Waals surface area contributed by atoms with Crippen molar-refractivity contribution in [3.63, 3.8) is 0 Å². The average molecular weight is 239 g/mol. The third kappa shape index (κ3) is 4.23. The zero-order chi connectivity index (χ0) is 12.9. The van der Waals surface area contributed by atoms with Gasteiger partial charge < -0.3 is 14.8 Å². The van der Waals surface area contributed by atoms with E-state index < -0.39 is 5.97 Å². The third-order valence-corrected chi connectivity index (χ3v) is 2.79. The van der Waals surface area contributed by atoms with Gasteiger partial charge in [-0.3, -0.25) is 0 Å². The fourth-order valence-electron chi connectivity index (χ4n) is 1.96. The molecule has 0 bridgehead atoms. The predicted octanol–water partition coefficient (Wildman–Crippen LogP) is 2.89. The van der Waals surface area contributed by atoms with Gasteiger partial charge in [0, 0.05) is 18.7 Å². The van der Waals surface area contributed by atoms with Crippen LogP contribution in [0.3, 0.4) is 0 Å². The Bertz CT molecular complexity index is 368. The third-order valence-electron chi connectivity index (χ3n) is 2.79. The Balaban J connectivity index is 2.46. The van der Waals surface area contributed by atoms with Gasteiger partial charge in [-0.15, -0.1) is 0 Å². The van der Waals surface area contributed by atoms with Gasteiger partial charge in [0.1, 0.15) is 0 Å². The van der Waals surface area contributed by atoms with Crippen LogP contribution < -0.4 is 5.32 Å². The first kappa shape index (κ1) is 13.8. The number of carboxylic acids is 1. The number of carboxylic acid groups (broad SMARTS) is 1. The number of hydrogen-bond donors (Lipinski definition) is 2. The molecule has 0 fully saturated rings. The van der Waals surface area contributed by atoms with Gasteiger partial charge in [-0.1, -0.05) is 27.2 Å². The molecule has 2 N–H and O–H groups in total. The number of carbonyl (C=O) groups is 1. The lowest BCUT2D eigenvalue weighted by molar-refractivity contribution is 0.0660. The lowest BCUT2D eigenvalue weighted by atomic mass is 9.88. The van der Waals surface area contributed by atoms with Crippen LogP contribution in [0.2, 0.25) is 0 Å². The summed E-state index contributed by atoms with van der Waals surface area (Å²) in [6.45, 7) is 7.98. The smallest absolute Gasteiger partial charge is 0.372 e. The summed E-state index contributed by atoms with van der Waals surface area (Å²) in [5.74, 6) is -0.981. The van der Waals surface area contributed by atoms with Crippen molar-refractivity contribution in [2.24, 2.45) is 5.41 Å². The molecule has 4 heteroatoms. The van der Waals surface area contributed by atoms with E-state index in [1.54, 1.807) is 6.07 Å². The van der Waals surface area contributed by atoms with Crippen molar-refractivity contribution in [2.75, 3.05) is 6.54 Å². The van der Waals surface area contributed by atoms with Crippen LogP contribution in [-0.2, 0) is 6.54 Å². The van der Waals surface area contributed by atoms with E-state index in [1.165, 1.54) is 6.26 Å². The molecule has 0 saturated carbocycles. The number of nitrogens with one attached hydrogen (secondary N) is 1. The van der Waals surface area contributed by atoms with Crippen LogP contribution in [0, 0.1) is 5.41 Å². The Labute approximate surface area is 102 Å². The van der Waals surface area contributed by atoms with E-state index in [1.807, 2.05) is 0 Å². The van der Waals surface area contributed by atoms with Crippen molar-refractivity contribution in [1.82, 2.24) is 5.32 Å². The average Bonchev–Trinajstić information content (AvgIpc) is 2.65. The topological polar surface area (TPSA) is 62.5 Å². The summed E-state index contributed by atoms with van der Waals surface area (Å²) in [6, 6.07) is 1.70. The summed E-state index contributed by atoms with van der Waals surface area (Å²) in [6.07, 6.45) is 3.72. The molecule has 0 aliphatic carbocycles. The van der Waals surface area contributed by atoms with E-state index >= 15 is 0 Å². The standard InChI is InChI=1S/C13H21NO3/c1-4-6-13(2,3)9-14-8-10-5-7-17-11(10)12(15)16/h5,7,14H,4,6,8-9H2,1-3H3,(H,15,16). The van der Waals surface area contributed by atoms with Crippen LogP contribution in [0.4, 0.5) is 0 Å². The summed E-state index contributed by atoms with van der Waals surface area (Å²) in [5.41, 5.74) is 0.937. The fourth-order valence-corrected chi connectivity index (χ4v) is 1.96. The van der Waals surface area contributed by atoms with Crippen LogP contribution in [0.25, 0.3) is 0 Å². The van der Waals surface area contributed by atoms with Crippen LogP contribution >= 0.6 is 0 Å². The molecule has 0 radical (unpaired) electrons. The Hall–Kier alpha value is -1.29. The highest BCUT2D eigenvalue weighted by Crippen LogP contribution is 2.21. The Morgan fingerprint density at radius 2 is 2.24 bits per heavy atom. The molecule has 0 aliphatic heterocycles. The predicted molar refractivity (Wildman–Crippen MR) is 66.1 cm³/mol. The second-order valence-electron chi connectivity index (χ2n) is 5.10. The number of rotatable bonds is 7. The van der Waals surface area contributed by atoms with E-state index in [0.29, 0.717) is 12.1 Å². The van der Waals surface area contributed by atoms with Gasteiger partial charge in [-0.2, -0.15) is 0 Å². The molecule has 0 atom stereocenters. The molecule has 0 aliphatic rings. The monoisotopic (exact) mass is 239 g/mol. The lowest BCUT2D eigenvalue weighted by Gasteiger charge is -2.24. The van der Waals surface area contributed by atoms with E-state index in [9.17, 15) is 4.79 Å². The van der Waals surface area contributed by atoms with Crippen LogP contribution in [0.1, 0.15) is 49.7 Å². The molecule has 17 heavy (non-hydrogen) atoms. The van der Waals surface area contributed by atoms with Crippen molar-refractivity contribution in [3.8, 4) is 0 Å². The summed E-state index contributed by atoms with van der Waals surface area (Å²) < 4.78 is 4.92. The van der Waals surface area contributed by atoms with Gasteiger partial charge >= 0.3 is 5.97 Å². The molecular formula is C13H21NO3.